The first-order valence-corrected chi connectivity index (χ1v) is 10.3. The Kier molecular flexibility index (Phi) is 6.98. The largest absolute Gasteiger partial charge is 0.482 e. The van der Waals surface area contributed by atoms with Gasteiger partial charge in [-0.3, -0.25) is 4.79 Å². The van der Waals surface area contributed by atoms with Gasteiger partial charge < -0.3 is 26.3 Å². The van der Waals surface area contributed by atoms with Crippen LogP contribution in [0.4, 0.5) is 11.6 Å². The van der Waals surface area contributed by atoms with Crippen LogP contribution >= 0.6 is 11.6 Å². The molecule has 0 aliphatic rings. The van der Waals surface area contributed by atoms with Gasteiger partial charge in [0.25, 0.3) is 11.7 Å². The van der Waals surface area contributed by atoms with E-state index in [2.05, 4.69) is 29.2 Å². The number of carbonyl (C=O) groups excluding carboxylic acids is 2. The van der Waals surface area contributed by atoms with Crippen LogP contribution < -0.4 is 26.1 Å². The fourth-order valence-electron chi connectivity index (χ4n) is 3.41. The summed E-state index contributed by atoms with van der Waals surface area (Å²) in [6, 6.07) is 5.54. The lowest BCUT2D eigenvalue weighted by Crippen LogP contribution is -2.40. The molecule has 0 saturated heterocycles. The Labute approximate surface area is 189 Å². The van der Waals surface area contributed by atoms with Gasteiger partial charge in [0.1, 0.15) is 12.3 Å². The molecular formula is C20H25ClN7O4+. The van der Waals surface area contributed by atoms with Gasteiger partial charge in [0.2, 0.25) is 0 Å². The molecule has 0 aliphatic carbocycles. The highest BCUT2D eigenvalue weighted by atomic mass is 35.5. The summed E-state index contributed by atoms with van der Waals surface area (Å²) in [5, 5.41) is 2.73. The van der Waals surface area contributed by atoms with Crippen LogP contribution in [0.5, 0.6) is 5.75 Å². The minimum Gasteiger partial charge on any atom is -0.482 e. The number of hydrogen-bond acceptors (Lipinski definition) is 8. The normalized spacial score (nSPS) is 10.9. The molecule has 1 aromatic carbocycles. The minimum atomic E-state index is -0.519. The standard InChI is InChI=1S/C20H24ClN7O4/c1-4-27-12-7-6-11(32-10-15(29)31-3)8-13(12)28(5-2)14(27)9-24-20(30)16-18(22)26-19(23)17(21)25-16/h6-8H,4-5,9-10H2,1-3H3,(H4-,22,23,24,26,30)/p+1. The molecule has 3 rings (SSSR count). The van der Waals surface area contributed by atoms with Gasteiger partial charge in [0.05, 0.1) is 20.2 Å². The first-order valence-electron chi connectivity index (χ1n) is 9.91. The van der Waals surface area contributed by atoms with Gasteiger partial charge in [-0.15, -0.1) is 0 Å². The summed E-state index contributed by atoms with van der Waals surface area (Å²) in [4.78, 5) is 31.8. The van der Waals surface area contributed by atoms with Crippen LogP contribution in [0.2, 0.25) is 5.15 Å². The van der Waals surface area contributed by atoms with Crippen molar-refractivity contribution in [1.29, 1.82) is 0 Å². The van der Waals surface area contributed by atoms with Gasteiger partial charge in [0.15, 0.2) is 40.1 Å². The molecule has 0 bridgehead atoms. The van der Waals surface area contributed by atoms with E-state index < -0.39 is 11.9 Å². The van der Waals surface area contributed by atoms with Crippen molar-refractivity contribution in [3.8, 4) is 5.75 Å². The number of ether oxygens (including phenoxy) is 2. The highest BCUT2D eigenvalue weighted by Gasteiger charge is 2.25. The molecule has 2 aromatic heterocycles. The highest BCUT2D eigenvalue weighted by molar-refractivity contribution is 6.31. The molecule has 0 unspecified atom stereocenters. The second-order valence-corrected chi connectivity index (χ2v) is 7.09. The Hall–Kier alpha value is -3.60. The Morgan fingerprint density at radius 1 is 1.22 bits per heavy atom. The lowest BCUT2D eigenvalue weighted by Gasteiger charge is -2.08. The predicted molar refractivity (Wildman–Crippen MR) is 118 cm³/mol. The van der Waals surface area contributed by atoms with E-state index in [0.29, 0.717) is 18.8 Å². The number of fused-ring (bicyclic) bond motifs is 1. The summed E-state index contributed by atoms with van der Waals surface area (Å²) in [5.41, 5.74) is 13.1. The van der Waals surface area contributed by atoms with Crippen LogP contribution in [-0.2, 0) is 29.2 Å². The number of nitrogens with one attached hydrogen (secondary N) is 1. The monoisotopic (exact) mass is 462 g/mol. The Morgan fingerprint density at radius 2 is 1.97 bits per heavy atom. The molecule has 12 heteroatoms. The number of aromatic nitrogens is 4. The Balaban J connectivity index is 1.91. The maximum Gasteiger partial charge on any atom is 0.343 e. The number of benzene rings is 1. The zero-order valence-corrected chi connectivity index (χ0v) is 18.8. The maximum atomic E-state index is 12.7. The molecule has 170 valence electrons. The highest BCUT2D eigenvalue weighted by Crippen LogP contribution is 2.22. The fourth-order valence-corrected chi connectivity index (χ4v) is 3.54. The van der Waals surface area contributed by atoms with E-state index in [1.54, 1.807) is 6.07 Å². The quantitative estimate of drug-likeness (QED) is 0.332. The molecule has 1 amide bonds. The van der Waals surface area contributed by atoms with Gasteiger partial charge in [0, 0.05) is 6.07 Å². The molecule has 3 aromatic rings. The number of aryl methyl sites for hydroxylation is 2. The maximum absolute atomic E-state index is 12.7. The summed E-state index contributed by atoms with van der Waals surface area (Å²) in [5.74, 6) is 0.268. The van der Waals surface area contributed by atoms with Crippen LogP contribution in [0, 0.1) is 0 Å². The third-order valence-corrected chi connectivity index (χ3v) is 5.17. The van der Waals surface area contributed by atoms with Gasteiger partial charge in [-0.05, 0) is 26.0 Å². The molecule has 0 fully saturated rings. The lowest BCUT2D eigenvalue weighted by molar-refractivity contribution is -0.676. The molecular weight excluding hydrogens is 438 g/mol. The van der Waals surface area contributed by atoms with Crippen LogP contribution in [0.1, 0.15) is 30.2 Å². The molecule has 0 aliphatic heterocycles. The summed E-state index contributed by atoms with van der Waals surface area (Å²) >= 11 is 5.88. The number of anilines is 2. The number of esters is 1. The van der Waals surface area contributed by atoms with E-state index in [0.717, 1.165) is 16.9 Å². The summed E-state index contributed by atoms with van der Waals surface area (Å²) < 4.78 is 14.3. The van der Waals surface area contributed by atoms with E-state index >= 15 is 0 Å². The van der Waals surface area contributed by atoms with Crippen molar-refractivity contribution in [2.45, 2.75) is 33.5 Å². The molecule has 0 saturated carbocycles. The molecule has 32 heavy (non-hydrogen) atoms. The summed E-state index contributed by atoms with van der Waals surface area (Å²) in [7, 11) is 1.30. The topological polar surface area (TPSA) is 151 Å². The Bertz CT molecular complexity index is 1180. The average Bonchev–Trinajstić information content (AvgIpc) is 3.09. The number of nitrogen functional groups attached to an aromatic ring is 2. The minimum absolute atomic E-state index is 0.0409. The predicted octanol–water partition coefficient (Wildman–Crippen LogP) is 1.06. The second-order valence-electron chi connectivity index (χ2n) is 6.74. The van der Waals surface area contributed by atoms with Gasteiger partial charge in [-0.2, -0.15) is 0 Å². The molecule has 0 atom stereocenters. The van der Waals surface area contributed by atoms with Gasteiger partial charge >= 0.3 is 5.97 Å². The molecule has 0 spiro atoms. The van der Waals surface area contributed by atoms with Crippen molar-refractivity contribution >= 4 is 46.1 Å². The van der Waals surface area contributed by atoms with Crippen molar-refractivity contribution in [3.05, 3.63) is 34.9 Å². The van der Waals surface area contributed by atoms with Crippen LogP contribution in [-0.4, -0.2) is 40.1 Å². The first kappa shape index (κ1) is 23.1. The molecule has 2 heterocycles. The van der Waals surface area contributed by atoms with Crippen molar-refractivity contribution in [2.75, 3.05) is 25.2 Å². The average molecular weight is 463 g/mol. The zero-order chi connectivity index (χ0) is 23.4. The lowest BCUT2D eigenvalue weighted by atomic mass is 10.3. The number of rotatable bonds is 8. The van der Waals surface area contributed by atoms with Crippen LogP contribution in [0.25, 0.3) is 11.0 Å². The van der Waals surface area contributed by atoms with Crippen molar-refractivity contribution in [1.82, 2.24) is 19.9 Å². The number of carbonyl (C=O) groups is 2. The number of imidazole rings is 1. The van der Waals surface area contributed by atoms with E-state index in [1.165, 1.54) is 7.11 Å². The van der Waals surface area contributed by atoms with Crippen LogP contribution in [0.15, 0.2) is 18.2 Å². The second kappa shape index (κ2) is 9.69. The molecule has 11 nitrogen and oxygen atoms in total. The Morgan fingerprint density at radius 3 is 2.62 bits per heavy atom. The third-order valence-electron chi connectivity index (χ3n) is 4.90. The fraction of sp³-hybridized carbons (Fsp3) is 0.350. The zero-order valence-electron chi connectivity index (χ0n) is 18.0. The van der Waals surface area contributed by atoms with Crippen molar-refractivity contribution < 1.29 is 23.6 Å². The third kappa shape index (κ3) is 4.52. The summed E-state index contributed by atoms with van der Waals surface area (Å²) in [6.45, 7) is 5.35. The number of amides is 1. The number of methoxy groups -OCH3 is 1. The smallest absolute Gasteiger partial charge is 0.343 e. The number of hydrogen-bond donors (Lipinski definition) is 3. The SMILES string of the molecule is CCn1c(CNC(=O)c2nc(Cl)c(N)nc2N)[n+](CC)c2ccc(OCC(=O)OC)cc21. The number of halogens is 1. The summed E-state index contributed by atoms with van der Waals surface area (Å²) in [6.07, 6.45) is 0. The number of nitrogens with two attached hydrogens (primary N) is 2. The van der Waals surface area contributed by atoms with Gasteiger partial charge in [-0.1, -0.05) is 11.6 Å². The van der Waals surface area contributed by atoms with E-state index in [1.807, 2.05) is 26.0 Å². The van der Waals surface area contributed by atoms with E-state index in [-0.39, 0.29) is 35.6 Å². The molecule has 0 radical (unpaired) electrons. The number of nitrogens with zero attached hydrogens (tertiary/aromatic N) is 4. The van der Waals surface area contributed by atoms with Crippen molar-refractivity contribution in [2.24, 2.45) is 0 Å². The molecule has 5 N–H and O–H groups in total. The van der Waals surface area contributed by atoms with E-state index in [9.17, 15) is 9.59 Å². The van der Waals surface area contributed by atoms with Crippen LogP contribution in [0.3, 0.4) is 0 Å². The van der Waals surface area contributed by atoms with Crippen molar-refractivity contribution in [3.63, 3.8) is 0 Å². The van der Waals surface area contributed by atoms with Gasteiger partial charge in [-0.25, -0.2) is 23.9 Å². The van der Waals surface area contributed by atoms with E-state index in [4.69, 9.17) is 27.8 Å². The first-order chi connectivity index (χ1) is 15.3.